The molecule has 0 radical (unpaired) electrons. The van der Waals surface area contributed by atoms with E-state index in [4.69, 9.17) is 25.8 Å². The van der Waals surface area contributed by atoms with Gasteiger partial charge in [-0.05, 0) is 13.8 Å². The number of carbonyl (C=O) groups excluding carboxylic acids is 2. The van der Waals surface area contributed by atoms with Gasteiger partial charge in [-0.3, -0.25) is 14.4 Å². The molecule has 1 aromatic rings. The van der Waals surface area contributed by atoms with E-state index in [9.17, 15) is 14.4 Å². The number of halogens is 1. The van der Waals surface area contributed by atoms with Crippen LogP contribution in [0, 0.1) is 0 Å². The van der Waals surface area contributed by atoms with Gasteiger partial charge in [0, 0.05) is 12.7 Å². The Labute approximate surface area is 131 Å². The molecule has 0 bridgehead atoms. The quantitative estimate of drug-likeness (QED) is 0.536. The lowest BCUT2D eigenvalue weighted by atomic mass is 10.0. The Morgan fingerprint density at radius 3 is 2.27 bits per heavy atom. The lowest BCUT2D eigenvalue weighted by molar-refractivity contribution is -0.156. The minimum absolute atomic E-state index is 0.0593. The molecule has 0 aliphatic carbocycles. The molecule has 0 aliphatic heterocycles. The summed E-state index contributed by atoms with van der Waals surface area (Å²) >= 11 is 5.97. The standard InChI is InChI=1S/C13H17ClN2O6/c1-4-21-12(18)9(13(19)22-5-2)8-6-15-16(7-20-3)11(17)10(8)14/h6,9H,4-5,7H2,1-3H3. The topological polar surface area (TPSA) is 96.7 Å². The molecule has 0 atom stereocenters. The highest BCUT2D eigenvalue weighted by atomic mass is 35.5. The van der Waals surface area contributed by atoms with Crippen LogP contribution in [0.2, 0.25) is 5.02 Å². The van der Waals surface area contributed by atoms with Crippen LogP contribution in [0.5, 0.6) is 0 Å². The number of carbonyl (C=O) groups is 2. The summed E-state index contributed by atoms with van der Waals surface area (Å²) in [5.74, 6) is -3.16. The van der Waals surface area contributed by atoms with Crippen LogP contribution in [-0.2, 0) is 30.5 Å². The van der Waals surface area contributed by atoms with Gasteiger partial charge in [0.15, 0.2) is 5.92 Å². The van der Waals surface area contributed by atoms with Crippen molar-refractivity contribution in [2.24, 2.45) is 0 Å². The van der Waals surface area contributed by atoms with Gasteiger partial charge in [-0.25, -0.2) is 4.68 Å². The van der Waals surface area contributed by atoms with E-state index in [1.807, 2.05) is 0 Å². The van der Waals surface area contributed by atoms with Crippen molar-refractivity contribution in [2.45, 2.75) is 26.5 Å². The molecule has 1 heterocycles. The second-order valence-corrected chi connectivity index (χ2v) is 4.45. The van der Waals surface area contributed by atoms with Crippen molar-refractivity contribution in [2.75, 3.05) is 20.3 Å². The van der Waals surface area contributed by atoms with Gasteiger partial charge >= 0.3 is 11.9 Å². The maximum absolute atomic E-state index is 12.0. The Kier molecular flexibility index (Phi) is 7.00. The number of esters is 2. The minimum Gasteiger partial charge on any atom is -0.465 e. The molecular weight excluding hydrogens is 316 g/mol. The second-order valence-electron chi connectivity index (χ2n) is 4.07. The highest BCUT2D eigenvalue weighted by Gasteiger charge is 2.34. The number of nitrogens with zero attached hydrogens (tertiary/aromatic N) is 2. The fourth-order valence-corrected chi connectivity index (χ4v) is 1.95. The smallest absolute Gasteiger partial charge is 0.325 e. The van der Waals surface area contributed by atoms with Gasteiger partial charge < -0.3 is 14.2 Å². The van der Waals surface area contributed by atoms with E-state index in [-0.39, 0.29) is 30.5 Å². The molecule has 8 nitrogen and oxygen atoms in total. The average Bonchev–Trinajstić information content (AvgIpc) is 2.47. The first-order valence-electron chi connectivity index (χ1n) is 6.55. The van der Waals surface area contributed by atoms with Crippen molar-refractivity contribution in [1.29, 1.82) is 0 Å². The van der Waals surface area contributed by atoms with E-state index in [0.29, 0.717) is 0 Å². The van der Waals surface area contributed by atoms with Gasteiger partial charge in [0.1, 0.15) is 11.8 Å². The third kappa shape index (κ3) is 4.05. The number of hydrogen-bond acceptors (Lipinski definition) is 7. The Bertz CT molecular complexity index is 583. The van der Waals surface area contributed by atoms with E-state index in [2.05, 4.69) is 5.10 Å². The van der Waals surface area contributed by atoms with Gasteiger partial charge in [-0.2, -0.15) is 5.10 Å². The molecule has 0 saturated carbocycles. The molecule has 0 fully saturated rings. The van der Waals surface area contributed by atoms with Crippen LogP contribution in [0.25, 0.3) is 0 Å². The number of hydrogen-bond donors (Lipinski definition) is 0. The van der Waals surface area contributed by atoms with Crippen LogP contribution in [0.15, 0.2) is 11.0 Å². The van der Waals surface area contributed by atoms with Crippen LogP contribution >= 0.6 is 11.6 Å². The van der Waals surface area contributed by atoms with Gasteiger partial charge in [-0.15, -0.1) is 0 Å². The van der Waals surface area contributed by atoms with Gasteiger partial charge in [0.05, 0.1) is 19.4 Å². The summed E-state index contributed by atoms with van der Waals surface area (Å²) in [7, 11) is 1.38. The molecule has 22 heavy (non-hydrogen) atoms. The zero-order valence-electron chi connectivity index (χ0n) is 12.5. The van der Waals surface area contributed by atoms with Crippen LogP contribution in [0.3, 0.4) is 0 Å². The first-order chi connectivity index (χ1) is 10.5. The average molecular weight is 333 g/mol. The minimum atomic E-state index is -1.45. The van der Waals surface area contributed by atoms with E-state index < -0.39 is 23.4 Å². The van der Waals surface area contributed by atoms with Crippen molar-refractivity contribution < 1.29 is 23.8 Å². The molecule has 0 N–H and O–H groups in total. The summed E-state index contributed by atoms with van der Waals surface area (Å²) in [5.41, 5.74) is -0.740. The Morgan fingerprint density at radius 2 is 1.82 bits per heavy atom. The van der Waals surface area contributed by atoms with Crippen molar-refractivity contribution in [3.8, 4) is 0 Å². The summed E-state index contributed by atoms with van der Waals surface area (Å²) < 4.78 is 15.4. The Balaban J connectivity index is 3.30. The largest absolute Gasteiger partial charge is 0.465 e. The Morgan fingerprint density at radius 1 is 1.27 bits per heavy atom. The molecule has 0 aliphatic rings. The zero-order chi connectivity index (χ0) is 16.7. The SMILES string of the molecule is CCOC(=O)C(C(=O)OCC)c1cnn(COC)c(=O)c1Cl. The highest BCUT2D eigenvalue weighted by molar-refractivity contribution is 6.31. The molecule has 0 aromatic carbocycles. The fraction of sp³-hybridized carbons (Fsp3) is 0.538. The van der Waals surface area contributed by atoms with E-state index >= 15 is 0 Å². The summed E-state index contributed by atoms with van der Waals surface area (Å²) in [6, 6.07) is 0. The summed E-state index contributed by atoms with van der Waals surface area (Å²) in [6.45, 7) is 3.22. The number of methoxy groups -OCH3 is 1. The summed E-state index contributed by atoms with van der Waals surface area (Å²) in [5, 5.41) is 3.51. The lowest BCUT2D eigenvalue weighted by Gasteiger charge is -2.16. The van der Waals surface area contributed by atoms with Crippen molar-refractivity contribution >= 4 is 23.5 Å². The summed E-state index contributed by atoms with van der Waals surface area (Å²) in [4.78, 5) is 36.0. The second kappa shape index (κ2) is 8.50. The van der Waals surface area contributed by atoms with E-state index in [0.717, 1.165) is 10.9 Å². The maximum Gasteiger partial charge on any atom is 0.325 e. The van der Waals surface area contributed by atoms with Crippen molar-refractivity contribution in [3.05, 3.63) is 27.1 Å². The van der Waals surface area contributed by atoms with Crippen LogP contribution in [0.1, 0.15) is 25.3 Å². The summed E-state index contributed by atoms with van der Waals surface area (Å²) in [6.07, 6.45) is 1.15. The monoisotopic (exact) mass is 332 g/mol. The fourth-order valence-electron chi connectivity index (χ4n) is 1.69. The number of aromatic nitrogens is 2. The molecule has 0 spiro atoms. The van der Waals surface area contributed by atoms with Gasteiger partial charge in [-0.1, -0.05) is 11.6 Å². The third-order valence-corrected chi connectivity index (χ3v) is 3.00. The number of rotatable bonds is 7. The Hall–Kier alpha value is -1.93. The van der Waals surface area contributed by atoms with E-state index in [1.54, 1.807) is 13.8 Å². The molecule has 0 saturated heterocycles. The normalized spacial score (nSPS) is 10.6. The molecule has 1 aromatic heterocycles. The van der Waals surface area contributed by atoms with E-state index in [1.165, 1.54) is 7.11 Å². The highest BCUT2D eigenvalue weighted by Crippen LogP contribution is 2.24. The molecular formula is C13H17ClN2O6. The zero-order valence-corrected chi connectivity index (χ0v) is 13.3. The third-order valence-electron chi connectivity index (χ3n) is 2.62. The first kappa shape index (κ1) is 18.1. The van der Waals surface area contributed by atoms with Gasteiger partial charge in [0.2, 0.25) is 0 Å². The molecule has 0 amide bonds. The molecule has 9 heteroatoms. The molecule has 0 unspecified atom stereocenters. The molecule has 122 valence electrons. The first-order valence-corrected chi connectivity index (χ1v) is 6.93. The predicted molar refractivity (Wildman–Crippen MR) is 76.5 cm³/mol. The van der Waals surface area contributed by atoms with Crippen molar-refractivity contribution in [3.63, 3.8) is 0 Å². The van der Waals surface area contributed by atoms with Crippen LogP contribution in [0.4, 0.5) is 0 Å². The predicted octanol–water partition coefficient (Wildman–Crippen LogP) is 0.710. The van der Waals surface area contributed by atoms with Crippen LogP contribution in [-0.4, -0.2) is 42.0 Å². The van der Waals surface area contributed by atoms with Crippen LogP contribution < -0.4 is 5.56 Å². The van der Waals surface area contributed by atoms with Crippen molar-refractivity contribution in [1.82, 2.24) is 9.78 Å². The molecule has 1 rings (SSSR count). The number of ether oxygens (including phenoxy) is 3. The maximum atomic E-state index is 12.0. The van der Waals surface area contributed by atoms with Gasteiger partial charge in [0.25, 0.3) is 5.56 Å². The lowest BCUT2D eigenvalue weighted by Crippen LogP contribution is -2.31.